The molecule has 0 radical (unpaired) electrons. The first-order valence-corrected chi connectivity index (χ1v) is 11.4. The van der Waals surface area contributed by atoms with Crippen molar-refractivity contribution >= 4 is 17.7 Å². The van der Waals surface area contributed by atoms with Gasteiger partial charge in [-0.3, -0.25) is 9.36 Å². The minimum absolute atomic E-state index is 0.0282. The van der Waals surface area contributed by atoms with Gasteiger partial charge in [0.15, 0.2) is 5.16 Å². The standard InChI is InChI=1S/C24H30N4OS/c1-17(2)12-13-25-23(29)16-30-24-27-26-22(15-20-8-6-5-7-9-20)28(24)21-11-10-18(3)14-19(21)4/h5-11,14,17H,12-13,15-16H2,1-4H3,(H,25,29). The van der Waals surface area contributed by atoms with E-state index in [1.54, 1.807) is 0 Å². The highest BCUT2D eigenvalue weighted by Crippen LogP contribution is 2.26. The van der Waals surface area contributed by atoms with Crippen molar-refractivity contribution in [2.45, 2.75) is 45.7 Å². The van der Waals surface area contributed by atoms with Crippen LogP contribution in [0.25, 0.3) is 5.69 Å². The van der Waals surface area contributed by atoms with Crippen LogP contribution >= 0.6 is 11.8 Å². The predicted molar refractivity (Wildman–Crippen MR) is 123 cm³/mol. The number of rotatable bonds is 9. The SMILES string of the molecule is Cc1ccc(-n2c(Cc3ccccc3)nnc2SCC(=O)NCCC(C)C)c(C)c1. The van der Waals surface area contributed by atoms with E-state index in [9.17, 15) is 4.79 Å². The van der Waals surface area contributed by atoms with Gasteiger partial charge < -0.3 is 5.32 Å². The van der Waals surface area contributed by atoms with Crippen LogP contribution in [0.15, 0.2) is 53.7 Å². The molecule has 0 bridgehead atoms. The molecule has 158 valence electrons. The Bertz CT molecular complexity index is 982. The molecule has 0 atom stereocenters. The summed E-state index contributed by atoms with van der Waals surface area (Å²) in [5.41, 5.74) is 4.61. The lowest BCUT2D eigenvalue weighted by Gasteiger charge is -2.14. The van der Waals surface area contributed by atoms with Gasteiger partial charge in [-0.25, -0.2) is 0 Å². The molecular weight excluding hydrogens is 392 g/mol. The summed E-state index contributed by atoms with van der Waals surface area (Å²) >= 11 is 1.43. The van der Waals surface area contributed by atoms with E-state index in [1.807, 2.05) is 18.2 Å². The van der Waals surface area contributed by atoms with Crippen LogP contribution < -0.4 is 5.32 Å². The molecule has 0 spiro atoms. The van der Waals surface area contributed by atoms with Crippen LogP contribution in [0.3, 0.4) is 0 Å². The summed E-state index contributed by atoms with van der Waals surface area (Å²) in [4.78, 5) is 12.3. The molecule has 3 rings (SSSR count). The first-order valence-electron chi connectivity index (χ1n) is 10.4. The molecule has 30 heavy (non-hydrogen) atoms. The first-order chi connectivity index (χ1) is 14.4. The zero-order valence-corrected chi connectivity index (χ0v) is 19.0. The van der Waals surface area contributed by atoms with Gasteiger partial charge in [-0.2, -0.15) is 0 Å². The normalized spacial score (nSPS) is 11.1. The van der Waals surface area contributed by atoms with Gasteiger partial charge in [0.25, 0.3) is 0 Å². The molecule has 0 saturated carbocycles. The van der Waals surface area contributed by atoms with Gasteiger partial charge in [-0.1, -0.05) is 73.6 Å². The maximum Gasteiger partial charge on any atom is 0.230 e. The van der Waals surface area contributed by atoms with Crippen molar-refractivity contribution in [1.82, 2.24) is 20.1 Å². The van der Waals surface area contributed by atoms with E-state index in [-0.39, 0.29) is 5.91 Å². The van der Waals surface area contributed by atoms with E-state index in [0.29, 0.717) is 24.6 Å². The fourth-order valence-corrected chi connectivity index (χ4v) is 4.06. The number of benzene rings is 2. The molecule has 0 saturated heterocycles. The van der Waals surface area contributed by atoms with E-state index >= 15 is 0 Å². The molecule has 0 unspecified atom stereocenters. The Morgan fingerprint density at radius 3 is 2.57 bits per heavy atom. The van der Waals surface area contributed by atoms with Crippen LogP contribution in [-0.2, 0) is 11.2 Å². The predicted octanol–water partition coefficient (Wildman–Crippen LogP) is 4.73. The van der Waals surface area contributed by atoms with E-state index < -0.39 is 0 Å². The molecule has 1 amide bonds. The van der Waals surface area contributed by atoms with Crippen molar-refractivity contribution < 1.29 is 4.79 Å². The minimum atomic E-state index is 0.0282. The highest BCUT2D eigenvalue weighted by molar-refractivity contribution is 7.99. The fraction of sp³-hybridized carbons (Fsp3) is 0.375. The third-order valence-electron chi connectivity index (χ3n) is 4.87. The van der Waals surface area contributed by atoms with Crippen LogP contribution in [-0.4, -0.2) is 33.0 Å². The van der Waals surface area contributed by atoms with Gasteiger partial charge in [0.2, 0.25) is 5.91 Å². The second kappa shape index (κ2) is 10.4. The Kier molecular flexibility index (Phi) is 7.69. The van der Waals surface area contributed by atoms with Gasteiger partial charge in [0, 0.05) is 13.0 Å². The van der Waals surface area contributed by atoms with Crippen molar-refractivity contribution in [1.29, 1.82) is 0 Å². The lowest BCUT2D eigenvalue weighted by Crippen LogP contribution is -2.27. The van der Waals surface area contributed by atoms with Crippen LogP contribution in [0.1, 0.15) is 42.8 Å². The summed E-state index contributed by atoms with van der Waals surface area (Å²) in [6.07, 6.45) is 1.67. The van der Waals surface area contributed by atoms with Crippen molar-refractivity contribution in [2.24, 2.45) is 5.92 Å². The Morgan fingerprint density at radius 1 is 1.10 bits per heavy atom. The van der Waals surface area contributed by atoms with Crippen LogP contribution in [0.4, 0.5) is 0 Å². The molecule has 1 aromatic heterocycles. The molecule has 1 N–H and O–H groups in total. The second-order valence-corrected chi connectivity index (χ2v) is 8.95. The van der Waals surface area contributed by atoms with Gasteiger partial charge >= 0.3 is 0 Å². The zero-order chi connectivity index (χ0) is 21.5. The second-order valence-electron chi connectivity index (χ2n) is 8.01. The number of carbonyl (C=O) groups excluding carboxylic acids is 1. The lowest BCUT2D eigenvalue weighted by atomic mass is 10.1. The molecule has 3 aromatic rings. The van der Waals surface area contributed by atoms with E-state index in [4.69, 9.17) is 0 Å². The zero-order valence-electron chi connectivity index (χ0n) is 18.2. The number of amides is 1. The van der Waals surface area contributed by atoms with Crippen molar-refractivity contribution in [3.8, 4) is 5.69 Å². The monoisotopic (exact) mass is 422 g/mol. The summed E-state index contributed by atoms with van der Waals surface area (Å²) in [7, 11) is 0. The number of hydrogen-bond donors (Lipinski definition) is 1. The van der Waals surface area contributed by atoms with Crippen LogP contribution in [0.5, 0.6) is 0 Å². The highest BCUT2D eigenvalue weighted by atomic mass is 32.2. The fourth-order valence-electron chi connectivity index (χ4n) is 3.27. The summed E-state index contributed by atoms with van der Waals surface area (Å²) in [5.74, 6) is 1.80. The number of carbonyl (C=O) groups is 1. The van der Waals surface area contributed by atoms with E-state index in [0.717, 1.165) is 28.7 Å². The maximum absolute atomic E-state index is 12.3. The molecule has 2 aromatic carbocycles. The summed E-state index contributed by atoms with van der Waals surface area (Å²) in [5, 5.41) is 12.6. The largest absolute Gasteiger partial charge is 0.355 e. The number of aryl methyl sites for hydroxylation is 2. The number of thioether (sulfide) groups is 1. The lowest BCUT2D eigenvalue weighted by molar-refractivity contribution is -0.118. The topological polar surface area (TPSA) is 59.8 Å². The number of nitrogens with one attached hydrogen (secondary N) is 1. The van der Waals surface area contributed by atoms with Crippen molar-refractivity contribution in [3.05, 3.63) is 71.0 Å². The Balaban J connectivity index is 1.83. The molecular formula is C24H30N4OS. The third kappa shape index (κ3) is 5.95. The maximum atomic E-state index is 12.3. The van der Waals surface area contributed by atoms with E-state index in [2.05, 4.69) is 78.1 Å². The molecule has 1 heterocycles. The van der Waals surface area contributed by atoms with Crippen molar-refractivity contribution in [2.75, 3.05) is 12.3 Å². The number of hydrogen-bond acceptors (Lipinski definition) is 4. The van der Waals surface area contributed by atoms with Crippen LogP contribution in [0, 0.1) is 19.8 Å². The smallest absolute Gasteiger partial charge is 0.230 e. The molecule has 0 aliphatic rings. The quantitative estimate of drug-likeness (QED) is 0.507. The number of nitrogens with zero attached hydrogens (tertiary/aromatic N) is 3. The van der Waals surface area contributed by atoms with Gasteiger partial charge in [0.1, 0.15) is 5.82 Å². The number of aromatic nitrogens is 3. The van der Waals surface area contributed by atoms with Gasteiger partial charge in [-0.15, -0.1) is 10.2 Å². The van der Waals surface area contributed by atoms with Crippen LogP contribution in [0.2, 0.25) is 0 Å². The molecule has 0 aliphatic heterocycles. The highest BCUT2D eigenvalue weighted by Gasteiger charge is 2.17. The first kappa shape index (κ1) is 22.1. The Hall–Kier alpha value is -2.60. The Labute approximate surface area is 183 Å². The molecule has 0 fully saturated rings. The summed E-state index contributed by atoms with van der Waals surface area (Å²) < 4.78 is 2.09. The summed E-state index contributed by atoms with van der Waals surface area (Å²) in [6, 6.07) is 16.6. The van der Waals surface area contributed by atoms with Crippen molar-refractivity contribution in [3.63, 3.8) is 0 Å². The third-order valence-corrected chi connectivity index (χ3v) is 5.80. The summed E-state index contributed by atoms with van der Waals surface area (Å²) in [6.45, 7) is 9.20. The molecule has 0 aliphatic carbocycles. The van der Waals surface area contributed by atoms with E-state index in [1.165, 1.54) is 22.9 Å². The van der Waals surface area contributed by atoms with Gasteiger partial charge in [0.05, 0.1) is 11.4 Å². The van der Waals surface area contributed by atoms with Gasteiger partial charge in [-0.05, 0) is 43.4 Å². The molecule has 5 nitrogen and oxygen atoms in total. The molecule has 6 heteroatoms. The average Bonchev–Trinajstić information content (AvgIpc) is 3.09. The average molecular weight is 423 g/mol. The Morgan fingerprint density at radius 2 is 1.87 bits per heavy atom. The minimum Gasteiger partial charge on any atom is -0.355 e.